The Morgan fingerprint density at radius 3 is 2.31 bits per heavy atom. The van der Waals surface area contributed by atoms with Crippen LogP contribution in [0.1, 0.15) is 37.7 Å². The summed E-state index contributed by atoms with van der Waals surface area (Å²) >= 11 is 0. The Balaban J connectivity index is 2.13. The van der Waals surface area contributed by atoms with Crippen LogP contribution >= 0.6 is 0 Å². The van der Waals surface area contributed by atoms with Crippen LogP contribution in [0, 0.1) is 5.41 Å². The molecule has 142 valence electrons. The van der Waals surface area contributed by atoms with Crippen molar-refractivity contribution in [1.29, 1.82) is 5.41 Å². The summed E-state index contributed by atoms with van der Waals surface area (Å²) in [4.78, 5) is 13.1. The van der Waals surface area contributed by atoms with E-state index in [0.717, 1.165) is 37.8 Å². The number of primary amides is 1. The molecule has 1 aromatic carbocycles. The van der Waals surface area contributed by atoms with Gasteiger partial charge in [0, 0.05) is 25.0 Å². The monoisotopic (exact) mass is 368 g/mol. The fourth-order valence-corrected chi connectivity index (χ4v) is 2.91. The van der Waals surface area contributed by atoms with Crippen molar-refractivity contribution in [2.24, 2.45) is 5.73 Å². The maximum atomic E-state index is 12.7. The van der Waals surface area contributed by atoms with E-state index in [1.807, 2.05) is 0 Å². The van der Waals surface area contributed by atoms with Crippen LogP contribution in [0.3, 0.4) is 0 Å². The van der Waals surface area contributed by atoms with Crippen LogP contribution in [-0.2, 0) is 11.0 Å². The molecule has 2 rings (SSSR count). The summed E-state index contributed by atoms with van der Waals surface area (Å²) in [6.45, 7) is 0. The van der Waals surface area contributed by atoms with Crippen LogP contribution in [0.15, 0.2) is 36.0 Å². The highest BCUT2D eigenvalue weighted by molar-refractivity contribution is 6.24. The molecule has 1 amide bonds. The van der Waals surface area contributed by atoms with E-state index in [1.165, 1.54) is 36.7 Å². The van der Waals surface area contributed by atoms with Gasteiger partial charge in [-0.2, -0.15) is 13.2 Å². The predicted octanol–water partition coefficient (Wildman–Crippen LogP) is 3.41. The number of rotatable bonds is 5. The normalized spacial score (nSPS) is 16.2. The first kappa shape index (κ1) is 19.8. The quantitative estimate of drug-likeness (QED) is 0.423. The lowest BCUT2D eigenvalue weighted by molar-refractivity contribution is -0.137. The molecule has 0 saturated heterocycles. The number of hydrogen-bond acceptors (Lipinski definition) is 3. The number of carbonyl (C=O) groups excluding carboxylic acids is 1. The number of nitrogens with one attached hydrogen (secondary N) is 2. The number of anilines is 1. The summed E-state index contributed by atoms with van der Waals surface area (Å²) in [7, 11) is 1.50. The number of nitrogens with two attached hydrogens (primary N) is 1. The van der Waals surface area contributed by atoms with Crippen molar-refractivity contribution in [3.63, 3.8) is 0 Å². The Morgan fingerprint density at radius 1 is 1.23 bits per heavy atom. The van der Waals surface area contributed by atoms with Crippen molar-refractivity contribution in [2.75, 3.05) is 11.9 Å². The summed E-state index contributed by atoms with van der Waals surface area (Å²) in [6, 6.07) is 4.62. The van der Waals surface area contributed by atoms with Gasteiger partial charge in [0.15, 0.2) is 0 Å². The Labute approximate surface area is 150 Å². The molecule has 1 aromatic rings. The van der Waals surface area contributed by atoms with E-state index in [0.29, 0.717) is 5.69 Å². The second-order valence-corrected chi connectivity index (χ2v) is 6.38. The number of likely N-dealkylation sites (N-methyl/N-ethyl adjacent to an activating group) is 1. The minimum atomic E-state index is -4.42. The summed E-state index contributed by atoms with van der Waals surface area (Å²) in [5.41, 5.74) is 4.95. The van der Waals surface area contributed by atoms with Gasteiger partial charge >= 0.3 is 6.18 Å². The molecule has 1 aliphatic carbocycles. The van der Waals surface area contributed by atoms with E-state index in [2.05, 4.69) is 5.32 Å². The Morgan fingerprint density at radius 2 is 1.81 bits per heavy atom. The number of benzene rings is 1. The minimum absolute atomic E-state index is 0.0158. The van der Waals surface area contributed by atoms with Crippen LogP contribution < -0.4 is 16.0 Å². The SMILES string of the molecule is CN(C(=N)/C(=C\NC1CCCCC1)C(N)=O)c1ccc(C(F)(F)F)cc1. The molecular weight excluding hydrogens is 345 g/mol. The van der Waals surface area contributed by atoms with Gasteiger partial charge in [-0.15, -0.1) is 0 Å². The van der Waals surface area contributed by atoms with Gasteiger partial charge in [-0.1, -0.05) is 19.3 Å². The minimum Gasteiger partial charge on any atom is -0.387 e. The largest absolute Gasteiger partial charge is 0.416 e. The van der Waals surface area contributed by atoms with Gasteiger partial charge in [0.2, 0.25) is 0 Å². The number of hydrogen-bond donors (Lipinski definition) is 3. The number of amides is 1. The van der Waals surface area contributed by atoms with Gasteiger partial charge in [-0.05, 0) is 37.1 Å². The topological polar surface area (TPSA) is 82.2 Å². The van der Waals surface area contributed by atoms with E-state index in [1.54, 1.807) is 0 Å². The van der Waals surface area contributed by atoms with Gasteiger partial charge < -0.3 is 16.0 Å². The number of nitrogens with zero attached hydrogens (tertiary/aromatic N) is 1. The summed E-state index contributed by atoms with van der Waals surface area (Å²) < 4.78 is 38.0. The van der Waals surface area contributed by atoms with Crippen LogP contribution in [0.25, 0.3) is 0 Å². The molecule has 4 N–H and O–H groups in total. The highest BCUT2D eigenvalue weighted by Crippen LogP contribution is 2.30. The number of halogens is 3. The first-order valence-electron chi connectivity index (χ1n) is 8.46. The molecule has 1 aliphatic rings. The first-order chi connectivity index (χ1) is 12.2. The molecule has 0 heterocycles. The van der Waals surface area contributed by atoms with E-state index in [4.69, 9.17) is 11.1 Å². The third-order valence-electron chi connectivity index (χ3n) is 4.51. The van der Waals surface area contributed by atoms with E-state index in [9.17, 15) is 18.0 Å². The Hall–Kier alpha value is -2.51. The van der Waals surface area contributed by atoms with Gasteiger partial charge in [-0.3, -0.25) is 10.2 Å². The third-order valence-corrected chi connectivity index (χ3v) is 4.51. The molecule has 0 radical (unpaired) electrons. The van der Waals surface area contributed by atoms with E-state index >= 15 is 0 Å². The molecule has 0 spiro atoms. The zero-order chi connectivity index (χ0) is 19.3. The predicted molar refractivity (Wildman–Crippen MR) is 94.9 cm³/mol. The van der Waals surface area contributed by atoms with Crippen LogP contribution in [0.2, 0.25) is 0 Å². The molecule has 26 heavy (non-hydrogen) atoms. The van der Waals surface area contributed by atoms with E-state index in [-0.39, 0.29) is 17.5 Å². The lowest BCUT2D eigenvalue weighted by atomic mass is 9.95. The van der Waals surface area contributed by atoms with Gasteiger partial charge in [-0.25, -0.2) is 0 Å². The average Bonchev–Trinajstić information content (AvgIpc) is 2.61. The molecule has 0 atom stereocenters. The molecule has 1 fully saturated rings. The Kier molecular flexibility index (Phi) is 6.28. The van der Waals surface area contributed by atoms with E-state index < -0.39 is 17.6 Å². The molecule has 0 aliphatic heterocycles. The smallest absolute Gasteiger partial charge is 0.387 e. The molecule has 5 nitrogen and oxygen atoms in total. The molecular formula is C18H23F3N4O. The molecule has 1 saturated carbocycles. The highest BCUT2D eigenvalue weighted by atomic mass is 19.4. The van der Waals surface area contributed by atoms with Crippen molar-refractivity contribution in [2.45, 2.75) is 44.3 Å². The van der Waals surface area contributed by atoms with Crippen molar-refractivity contribution >= 4 is 17.4 Å². The summed E-state index contributed by atoms with van der Waals surface area (Å²) in [5, 5.41) is 11.3. The standard InChI is InChI=1S/C18H23F3N4O/c1-25(14-9-7-12(8-10-14)18(19,20)21)16(22)15(17(23)26)11-24-13-5-3-2-4-6-13/h7-11,13,22,24H,2-6H2,1H3,(H2,23,26)/b15-11+,22-16?. The Bertz CT molecular complexity index is 677. The lowest BCUT2D eigenvalue weighted by Gasteiger charge is -2.24. The van der Waals surface area contributed by atoms with Crippen molar-refractivity contribution in [3.8, 4) is 0 Å². The van der Waals surface area contributed by atoms with Crippen molar-refractivity contribution < 1.29 is 18.0 Å². The van der Waals surface area contributed by atoms with Crippen molar-refractivity contribution in [1.82, 2.24) is 5.32 Å². The molecule has 0 bridgehead atoms. The summed E-state index contributed by atoms with van der Waals surface area (Å²) in [5.74, 6) is -0.947. The lowest BCUT2D eigenvalue weighted by Crippen LogP contribution is -2.35. The fourth-order valence-electron chi connectivity index (χ4n) is 2.91. The molecule has 0 unspecified atom stereocenters. The van der Waals surface area contributed by atoms with Crippen molar-refractivity contribution in [3.05, 3.63) is 41.6 Å². The first-order valence-corrected chi connectivity index (χ1v) is 8.46. The van der Waals surface area contributed by atoms with Gasteiger partial charge in [0.25, 0.3) is 5.91 Å². The van der Waals surface area contributed by atoms with Crippen LogP contribution in [0.4, 0.5) is 18.9 Å². The maximum Gasteiger partial charge on any atom is 0.416 e. The van der Waals surface area contributed by atoms with Gasteiger partial charge in [0.1, 0.15) is 5.84 Å². The average molecular weight is 368 g/mol. The van der Waals surface area contributed by atoms with Crippen LogP contribution in [0.5, 0.6) is 0 Å². The molecule has 8 heteroatoms. The molecule has 0 aromatic heterocycles. The van der Waals surface area contributed by atoms with Gasteiger partial charge in [0.05, 0.1) is 11.1 Å². The fraction of sp³-hybridized carbons (Fsp3) is 0.444. The third kappa shape index (κ3) is 5.00. The second kappa shape index (κ2) is 8.25. The summed E-state index contributed by atoms with van der Waals surface area (Å²) in [6.07, 6.45) is 2.42. The number of carbonyl (C=O) groups is 1. The maximum absolute atomic E-state index is 12.7. The zero-order valence-electron chi connectivity index (χ0n) is 14.6. The highest BCUT2D eigenvalue weighted by Gasteiger charge is 2.30. The number of amidine groups is 1. The zero-order valence-corrected chi connectivity index (χ0v) is 14.6. The number of alkyl halides is 3. The second-order valence-electron chi connectivity index (χ2n) is 6.38. The van der Waals surface area contributed by atoms with Crippen LogP contribution in [-0.4, -0.2) is 24.8 Å².